The van der Waals surface area contributed by atoms with Crippen molar-refractivity contribution < 1.29 is 5.11 Å². The summed E-state index contributed by atoms with van der Waals surface area (Å²) in [6.07, 6.45) is 0.897. The van der Waals surface area contributed by atoms with Gasteiger partial charge in [0.15, 0.2) is 0 Å². The van der Waals surface area contributed by atoms with E-state index in [0.29, 0.717) is 32.0 Å². The summed E-state index contributed by atoms with van der Waals surface area (Å²) in [4.78, 5) is 4.19. The van der Waals surface area contributed by atoms with Crippen molar-refractivity contribution in [2.75, 3.05) is 5.75 Å². The molecule has 0 radical (unpaired) electrons. The maximum atomic E-state index is 10.2. The van der Waals surface area contributed by atoms with E-state index in [2.05, 4.69) is 11.1 Å². The molecular formula is C15H12Cl2N2OS. The van der Waals surface area contributed by atoms with Gasteiger partial charge >= 0.3 is 0 Å². The van der Waals surface area contributed by atoms with E-state index in [1.54, 1.807) is 30.5 Å². The van der Waals surface area contributed by atoms with Gasteiger partial charge in [-0.3, -0.25) is 0 Å². The fourth-order valence-electron chi connectivity index (χ4n) is 1.80. The topological polar surface area (TPSA) is 56.9 Å². The number of nitriles is 1. The number of pyridine rings is 1. The third kappa shape index (κ3) is 3.90. The van der Waals surface area contributed by atoms with Gasteiger partial charge in [-0.2, -0.15) is 5.26 Å². The molecule has 1 atom stereocenters. The zero-order chi connectivity index (χ0) is 15.4. The molecule has 0 fully saturated rings. The Labute approximate surface area is 137 Å². The fraction of sp³-hybridized carbons (Fsp3) is 0.200. The van der Waals surface area contributed by atoms with Crippen LogP contribution in [-0.4, -0.2) is 15.8 Å². The average molecular weight is 339 g/mol. The van der Waals surface area contributed by atoms with Gasteiger partial charge in [-0.25, -0.2) is 4.98 Å². The van der Waals surface area contributed by atoms with Crippen LogP contribution in [0.2, 0.25) is 10.0 Å². The molecule has 2 aromatic rings. The second kappa shape index (κ2) is 7.15. The summed E-state index contributed by atoms with van der Waals surface area (Å²) in [5.74, 6) is 0.354. The zero-order valence-corrected chi connectivity index (χ0v) is 13.5. The van der Waals surface area contributed by atoms with E-state index in [1.165, 1.54) is 11.8 Å². The number of aliphatic hydroxyl groups is 1. The Hall–Kier alpha value is -1.25. The minimum Gasteiger partial charge on any atom is -0.387 e. The molecule has 1 aromatic carbocycles. The monoisotopic (exact) mass is 338 g/mol. The number of aryl methyl sites for hydroxylation is 1. The van der Waals surface area contributed by atoms with E-state index >= 15 is 0 Å². The maximum absolute atomic E-state index is 10.2. The minimum atomic E-state index is -0.756. The van der Waals surface area contributed by atoms with Gasteiger partial charge in [-0.1, -0.05) is 29.3 Å². The molecule has 1 N–H and O–H groups in total. The molecule has 0 saturated carbocycles. The number of benzene rings is 1. The molecule has 1 unspecified atom stereocenters. The Balaban J connectivity index is 2.13. The molecule has 0 aliphatic heterocycles. The van der Waals surface area contributed by atoms with Gasteiger partial charge in [0, 0.05) is 27.6 Å². The number of rotatable bonds is 4. The van der Waals surface area contributed by atoms with Crippen LogP contribution in [-0.2, 0) is 0 Å². The predicted octanol–water partition coefficient (Wildman–Crippen LogP) is 4.39. The lowest BCUT2D eigenvalue weighted by molar-refractivity contribution is 0.204. The van der Waals surface area contributed by atoms with Crippen molar-refractivity contribution >= 4 is 35.0 Å². The predicted molar refractivity (Wildman–Crippen MR) is 85.8 cm³/mol. The largest absolute Gasteiger partial charge is 0.387 e. The van der Waals surface area contributed by atoms with Gasteiger partial charge in [0.2, 0.25) is 0 Å². The van der Waals surface area contributed by atoms with Crippen molar-refractivity contribution in [2.24, 2.45) is 0 Å². The van der Waals surface area contributed by atoms with Gasteiger partial charge in [0.05, 0.1) is 11.7 Å². The van der Waals surface area contributed by atoms with Crippen LogP contribution in [0.1, 0.15) is 22.8 Å². The van der Waals surface area contributed by atoms with Crippen LogP contribution in [0.25, 0.3) is 0 Å². The standard InChI is InChI=1S/C15H12Cl2N2OS/c1-9-4-5-19-15(12(9)7-18)21-8-14(20)11-3-2-10(16)6-13(11)17/h2-6,14,20H,8H2,1H3. The Morgan fingerprint density at radius 2 is 2.14 bits per heavy atom. The highest BCUT2D eigenvalue weighted by Gasteiger charge is 2.15. The normalized spacial score (nSPS) is 12.0. The van der Waals surface area contributed by atoms with E-state index < -0.39 is 6.10 Å². The number of hydrogen-bond acceptors (Lipinski definition) is 4. The van der Waals surface area contributed by atoms with Gasteiger partial charge in [0.1, 0.15) is 11.1 Å². The van der Waals surface area contributed by atoms with Crippen molar-refractivity contribution in [1.82, 2.24) is 4.98 Å². The maximum Gasteiger partial charge on any atom is 0.114 e. The van der Waals surface area contributed by atoms with Crippen LogP contribution < -0.4 is 0 Å². The highest BCUT2D eigenvalue weighted by molar-refractivity contribution is 7.99. The van der Waals surface area contributed by atoms with Crippen LogP contribution in [0.15, 0.2) is 35.5 Å². The van der Waals surface area contributed by atoms with E-state index in [-0.39, 0.29) is 0 Å². The fourth-order valence-corrected chi connectivity index (χ4v) is 3.31. The Morgan fingerprint density at radius 1 is 1.38 bits per heavy atom. The summed E-state index contributed by atoms with van der Waals surface area (Å²) in [6.45, 7) is 1.86. The van der Waals surface area contributed by atoms with Crippen molar-refractivity contribution in [3.05, 3.63) is 57.2 Å². The molecule has 0 aliphatic rings. The van der Waals surface area contributed by atoms with Crippen molar-refractivity contribution in [2.45, 2.75) is 18.1 Å². The first-order valence-corrected chi connectivity index (χ1v) is 7.88. The van der Waals surface area contributed by atoms with Crippen molar-refractivity contribution in [1.29, 1.82) is 5.26 Å². The summed E-state index contributed by atoms with van der Waals surface area (Å²) in [6, 6.07) is 8.90. The molecular weight excluding hydrogens is 327 g/mol. The second-order valence-electron chi connectivity index (χ2n) is 4.41. The van der Waals surface area contributed by atoms with Gasteiger partial charge in [-0.05, 0) is 30.7 Å². The molecule has 0 aliphatic carbocycles. The molecule has 21 heavy (non-hydrogen) atoms. The molecule has 0 saturated heterocycles. The Kier molecular flexibility index (Phi) is 5.49. The zero-order valence-electron chi connectivity index (χ0n) is 11.2. The first kappa shape index (κ1) is 16.1. The summed E-state index contributed by atoms with van der Waals surface area (Å²) in [5.41, 5.74) is 2.02. The van der Waals surface area contributed by atoms with Gasteiger partial charge < -0.3 is 5.11 Å². The SMILES string of the molecule is Cc1ccnc(SCC(O)c2ccc(Cl)cc2Cl)c1C#N. The molecule has 3 nitrogen and oxygen atoms in total. The number of aliphatic hydroxyl groups excluding tert-OH is 1. The number of halogens is 2. The second-order valence-corrected chi connectivity index (χ2v) is 6.26. The van der Waals surface area contributed by atoms with E-state index in [0.717, 1.165) is 5.56 Å². The van der Waals surface area contributed by atoms with Crippen LogP contribution >= 0.6 is 35.0 Å². The molecule has 2 rings (SSSR count). The lowest BCUT2D eigenvalue weighted by Gasteiger charge is -2.13. The Bertz CT molecular complexity index is 701. The van der Waals surface area contributed by atoms with Crippen molar-refractivity contribution in [3.63, 3.8) is 0 Å². The van der Waals surface area contributed by atoms with Crippen LogP contribution in [0, 0.1) is 18.3 Å². The highest BCUT2D eigenvalue weighted by Crippen LogP contribution is 2.31. The molecule has 0 bridgehead atoms. The van der Waals surface area contributed by atoms with Gasteiger partial charge in [-0.15, -0.1) is 11.8 Å². The molecule has 1 heterocycles. The third-order valence-electron chi connectivity index (χ3n) is 2.94. The minimum absolute atomic E-state index is 0.354. The smallest absolute Gasteiger partial charge is 0.114 e. The number of thioether (sulfide) groups is 1. The molecule has 0 spiro atoms. The van der Waals surface area contributed by atoms with Crippen LogP contribution in [0.5, 0.6) is 0 Å². The molecule has 108 valence electrons. The highest BCUT2D eigenvalue weighted by atomic mass is 35.5. The first-order valence-electron chi connectivity index (χ1n) is 6.14. The third-order valence-corrected chi connectivity index (χ3v) is 4.56. The number of nitrogens with zero attached hydrogens (tertiary/aromatic N) is 2. The quantitative estimate of drug-likeness (QED) is 0.839. The summed E-state index contributed by atoms with van der Waals surface area (Å²) >= 11 is 13.2. The van der Waals surface area contributed by atoms with E-state index in [9.17, 15) is 5.11 Å². The first-order chi connectivity index (χ1) is 10.0. The number of hydrogen-bond donors (Lipinski definition) is 1. The number of aromatic nitrogens is 1. The lowest BCUT2D eigenvalue weighted by atomic mass is 10.1. The van der Waals surface area contributed by atoms with Gasteiger partial charge in [0.25, 0.3) is 0 Å². The van der Waals surface area contributed by atoms with E-state index in [1.807, 2.05) is 6.92 Å². The lowest BCUT2D eigenvalue weighted by Crippen LogP contribution is -2.02. The summed E-state index contributed by atoms with van der Waals surface area (Å²) in [7, 11) is 0. The molecule has 0 amide bonds. The summed E-state index contributed by atoms with van der Waals surface area (Å²) in [5, 5.41) is 20.9. The van der Waals surface area contributed by atoms with Crippen LogP contribution in [0.4, 0.5) is 0 Å². The average Bonchev–Trinajstić information content (AvgIpc) is 2.44. The van der Waals surface area contributed by atoms with Crippen LogP contribution in [0.3, 0.4) is 0 Å². The molecule has 6 heteroatoms. The summed E-state index contributed by atoms with van der Waals surface area (Å²) < 4.78 is 0. The Morgan fingerprint density at radius 3 is 2.81 bits per heavy atom. The van der Waals surface area contributed by atoms with Crippen molar-refractivity contribution in [3.8, 4) is 6.07 Å². The molecule has 1 aromatic heterocycles. The van der Waals surface area contributed by atoms with E-state index in [4.69, 9.17) is 28.5 Å².